The van der Waals surface area contributed by atoms with E-state index in [4.69, 9.17) is 12.2 Å². The van der Waals surface area contributed by atoms with E-state index in [1.807, 2.05) is 0 Å². The number of likely N-dealkylation sites (N-methyl/N-ethyl adjacent to an activating group) is 1. The summed E-state index contributed by atoms with van der Waals surface area (Å²) in [5.41, 5.74) is 0.204. The van der Waals surface area contributed by atoms with Crippen LogP contribution in [0.1, 0.15) is 5.69 Å². The van der Waals surface area contributed by atoms with Gasteiger partial charge in [0, 0.05) is 18.8 Å². The third-order valence-corrected chi connectivity index (χ3v) is 1.65. The number of nitrogens with one attached hydrogen (secondary N) is 3. The average Bonchev–Trinajstić information content (AvgIpc) is 2.02. The molecule has 0 aliphatic heterocycles. The Bertz CT molecular complexity index is 392. The van der Waals surface area contributed by atoms with Gasteiger partial charge in [-0.05, 0) is 12.2 Å². The molecular formula is C7H9N3O2S. The van der Waals surface area contributed by atoms with Crippen molar-refractivity contribution in [1.29, 1.82) is 0 Å². The van der Waals surface area contributed by atoms with Crippen molar-refractivity contribution in [2.45, 2.75) is 6.42 Å². The van der Waals surface area contributed by atoms with E-state index < -0.39 is 0 Å². The van der Waals surface area contributed by atoms with Crippen LogP contribution < -0.4 is 10.9 Å². The predicted octanol–water partition coefficient (Wildman–Crippen LogP) is -0.279. The molecule has 1 amide bonds. The zero-order valence-corrected chi connectivity index (χ0v) is 7.83. The first-order valence-electron chi connectivity index (χ1n) is 3.65. The molecule has 1 heterocycles. The fraction of sp³-hybridized carbons (Fsp3) is 0.286. The first-order valence-corrected chi connectivity index (χ1v) is 4.06. The molecule has 1 rings (SSSR count). The van der Waals surface area contributed by atoms with E-state index in [0.717, 1.165) is 0 Å². The molecule has 0 spiro atoms. The second-order valence-electron chi connectivity index (χ2n) is 2.46. The molecule has 1 aromatic rings. The molecule has 0 radical (unpaired) electrons. The molecule has 0 unspecified atom stereocenters. The molecule has 13 heavy (non-hydrogen) atoms. The van der Waals surface area contributed by atoms with Crippen LogP contribution in [0, 0.1) is 4.77 Å². The third-order valence-electron chi connectivity index (χ3n) is 1.45. The fourth-order valence-electron chi connectivity index (χ4n) is 0.876. The molecule has 0 saturated heterocycles. The van der Waals surface area contributed by atoms with Crippen molar-refractivity contribution in [3.05, 3.63) is 26.9 Å². The molecule has 0 aliphatic carbocycles. The van der Waals surface area contributed by atoms with E-state index in [9.17, 15) is 9.59 Å². The smallest absolute Gasteiger partial charge is 0.251 e. The van der Waals surface area contributed by atoms with Gasteiger partial charge in [0.05, 0.1) is 6.42 Å². The van der Waals surface area contributed by atoms with Crippen molar-refractivity contribution in [1.82, 2.24) is 15.3 Å². The van der Waals surface area contributed by atoms with Gasteiger partial charge in [0.15, 0.2) is 4.77 Å². The summed E-state index contributed by atoms with van der Waals surface area (Å²) in [6.45, 7) is 0. The third kappa shape index (κ3) is 2.83. The molecular weight excluding hydrogens is 190 g/mol. The Kier molecular flexibility index (Phi) is 2.97. The maximum atomic E-state index is 10.9. The van der Waals surface area contributed by atoms with Crippen LogP contribution in [0.3, 0.4) is 0 Å². The van der Waals surface area contributed by atoms with Gasteiger partial charge >= 0.3 is 0 Å². The van der Waals surface area contributed by atoms with E-state index in [0.29, 0.717) is 5.69 Å². The summed E-state index contributed by atoms with van der Waals surface area (Å²) in [5, 5.41) is 2.45. The number of aromatic nitrogens is 2. The van der Waals surface area contributed by atoms with Gasteiger partial charge in [-0.2, -0.15) is 0 Å². The molecule has 0 aromatic carbocycles. The van der Waals surface area contributed by atoms with Gasteiger partial charge in [-0.25, -0.2) is 0 Å². The topological polar surface area (TPSA) is 77.8 Å². The van der Waals surface area contributed by atoms with Gasteiger partial charge in [-0.1, -0.05) is 0 Å². The second kappa shape index (κ2) is 3.99. The Morgan fingerprint density at radius 3 is 2.85 bits per heavy atom. The summed E-state index contributed by atoms with van der Waals surface area (Å²) in [6, 6.07) is 1.31. The summed E-state index contributed by atoms with van der Waals surface area (Å²) < 4.78 is 0.228. The molecule has 0 saturated carbocycles. The summed E-state index contributed by atoms with van der Waals surface area (Å²) in [4.78, 5) is 26.9. The van der Waals surface area contributed by atoms with Crippen LogP contribution in [0.4, 0.5) is 0 Å². The number of H-pyrrole nitrogens is 2. The minimum absolute atomic E-state index is 0.129. The number of carbonyl (C=O) groups excluding carboxylic acids is 1. The Labute approximate surface area is 79.2 Å². The zero-order chi connectivity index (χ0) is 9.84. The molecule has 1 aromatic heterocycles. The zero-order valence-electron chi connectivity index (χ0n) is 7.01. The van der Waals surface area contributed by atoms with Crippen molar-refractivity contribution in [3.8, 4) is 0 Å². The Balaban J connectivity index is 2.96. The van der Waals surface area contributed by atoms with Crippen LogP contribution in [0.25, 0.3) is 0 Å². The van der Waals surface area contributed by atoms with Crippen LogP contribution >= 0.6 is 12.2 Å². The van der Waals surface area contributed by atoms with Crippen LogP contribution in [-0.2, 0) is 11.2 Å². The van der Waals surface area contributed by atoms with E-state index in [2.05, 4.69) is 15.3 Å². The van der Waals surface area contributed by atoms with Crippen molar-refractivity contribution >= 4 is 18.1 Å². The van der Waals surface area contributed by atoms with Crippen molar-refractivity contribution in [2.75, 3.05) is 7.05 Å². The van der Waals surface area contributed by atoms with Crippen molar-refractivity contribution in [3.63, 3.8) is 0 Å². The molecule has 6 heteroatoms. The maximum Gasteiger partial charge on any atom is 0.251 e. The lowest BCUT2D eigenvalue weighted by atomic mass is 10.3. The van der Waals surface area contributed by atoms with Gasteiger partial charge in [-0.15, -0.1) is 0 Å². The number of aromatic amines is 2. The molecule has 5 nitrogen and oxygen atoms in total. The van der Waals surface area contributed by atoms with Gasteiger partial charge in [0.2, 0.25) is 5.91 Å². The van der Waals surface area contributed by atoms with Crippen LogP contribution in [0.5, 0.6) is 0 Å². The summed E-state index contributed by atoms with van der Waals surface area (Å²) in [5.74, 6) is -0.170. The molecule has 0 atom stereocenters. The minimum atomic E-state index is -0.303. The lowest BCUT2D eigenvalue weighted by Gasteiger charge is -1.98. The monoisotopic (exact) mass is 199 g/mol. The van der Waals surface area contributed by atoms with E-state index >= 15 is 0 Å². The number of carbonyl (C=O) groups is 1. The predicted molar refractivity (Wildman–Crippen MR) is 50.0 cm³/mol. The van der Waals surface area contributed by atoms with E-state index in [1.54, 1.807) is 0 Å². The number of hydrogen-bond donors (Lipinski definition) is 3. The Hall–Kier alpha value is -1.43. The quantitative estimate of drug-likeness (QED) is 0.573. The number of amides is 1. The van der Waals surface area contributed by atoms with Gasteiger partial charge in [-0.3, -0.25) is 14.6 Å². The highest BCUT2D eigenvalue weighted by atomic mass is 32.1. The normalized spacial score (nSPS) is 9.62. The first-order chi connectivity index (χ1) is 6.11. The standard InChI is InChI=1S/C7H9N3O2S/c1-8-5(11)2-4-3-6(12)10-7(13)9-4/h3H,2H2,1H3,(H,8,11)(H2,9,10,12,13). The Morgan fingerprint density at radius 1 is 1.62 bits per heavy atom. The van der Waals surface area contributed by atoms with Crippen LogP contribution in [0.2, 0.25) is 0 Å². The largest absolute Gasteiger partial charge is 0.359 e. The van der Waals surface area contributed by atoms with Crippen LogP contribution in [0.15, 0.2) is 10.9 Å². The lowest BCUT2D eigenvalue weighted by molar-refractivity contribution is -0.120. The highest BCUT2D eigenvalue weighted by Crippen LogP contribution is 1.90. The molecule has 3 N–H and O–H groups in total. The highest BCUT2D eigenvalue weighted by molar-refractivity contribution is 7.71. The van der Waals surface area contributed by atoms with Gasteiger partial charge in [0.25, 0.3) is 5.56 Å². The van der Waals surface area contributed by atoms with Crippen LogP contribution in [-0.4, -0.2) is 22.9 Å². The molecule has 0 fully saturated rings. The van der Waals surface area contributed by atoms with Gasteiger partial charge < -0.3 is 10.3 Å². The minimum Gasteiger partial charge on any atom is -0.359 e. The lowest BCUT2D eigenvalue weighted by Crippen LogP contribution is -2.21. The summed E-state index contributed by atoms with van der Waals surface area (Å²) in [6.07, 6.45) is 0.129. The SMILES string of the molecule is CNC(=O)Cc1cc(=O)[nH]c(=S)[nH]1. The highest BCUT2D eigenvalue weighted by Gasteiger charge is 2.01. The molecule has 70 valence electrons. The molecule has 0 aliphatic rings. The fourth-order valence-corrected chi connectivity index (χ4v) is 1.11. The second-order valence-corrected chi connectivity index (χ2v) is 2.87. The van der Waals surface area contributed by atoms with E-state index in [-0.39, 0.29) is 22.7 Å². The average molecular weight is 199 g/mol. The molecule has 0 bridgehead atoms. The summed E-state index contributed by atoms with van der Waals surface area (Å²) in [7, 11) is 1.53. The maximum absolute atomic E-state index is 10.9. The van der Waals surface area contributed by atoms with Crippen molar-refractivity contribution in [2.24, 2.45) is 0 Å². The summed E-state index contributed by atoms with van der Waals surface area (Å²) >= 11 is 4.73. The Morgan fingerprint density at radius 2 is 2.31 bits per heavy atom. The van der Waals surface area contributed by atoms with Crippen molar-refractivity contribution < 1.29 is 4.79 Å². The first kappa shape index (κ1) is 9.66. The van der Waals surface area contributed by atoms with E-state index in [1.165, 1.54) is 13.1 Å². The van der Waals surface area contributed by atoms with Gasteiger partial charge in [0.1, 0.15) is 0 Å². The number of rotatable bonds is 2. The number of hydrogen-bond acceptors (Lipinski definition) is 3.